The van der Waals surface area contributed by atoms with Gasteiger partial charge in [-0.15, -0.1) is 0 Å². The largest absolute Gasteiger partial charge is 0.352 e. The minimum atomic E-state index is -0.335. The molecule has 0 saturated heterocycles. The molecule has 6 nitrogen and oxygen atoms in total. The second-order valence-electron chi connectivity index (χ2n) is 5.33. The highest BCUT2D eigenvalue weighted by Crippen LogP contribution is 2.27. The molecule has 0 radical (unpaired) electrons. The molecule has 3 heterocycles. The third kappa shape index (κ3) is 2.45. The first-order valence-corrected chi connectivity index (χ1v) is 7.32. The summed E-state index contributed by atoms with van der Waals surface area (Å²) in [5, 5.41) is 11.9. The molecule has 118 valence electrons. The van der Waals surface area contributed by atoms with Crippen LogP contribution in [0.3, 0.4) is 0 Å². The number of H-pyrrole nitrogens is 1. The molecular formula is C17H12FN5O. The van der Waals surface area contributed by atoms with Crippen LogP contribution in [-0.2, 0) is 6.54 Å². The van der Waals surface area contributed by atoms with E-state index >= 15 is 0 Å². The molecule has 3 aromatic heterocycles. The maximum Gasteiger partial charge on any atom is 0.272 e. The molecule has 0 aliphatic heterocycles. The molecule has 2 N–H and O–H groups in total. The number of hydrogen-bond acceptors (Lipinski definition) is 4. The summed E-state index contributed by atoms with van der Waals surface area (Å²) in [6, 6.07) is 8.06. The van der Waals surface area contributed by atoms with E-state index in [9.17, 15) is 9.18 Å². The smallest absolute Gasteiger partial charge is 0.272 e. The van der Waals surface area contributed by atoms with Gasteiger partial charge in [-0.1, -0.05) is 0 Å². The van der Waals surface area contributed by atoms with Crippen LogP contribution in [0.4, 0.5) is 4.39 Å². The number of hydrogen-bond donors (Lipinski definition) is 2. The van der Waals surface area contributed by atoms with E-state index in [-0.39, 0.29) is 17.4 Å². The fourth-order valence-electron chi connectivity index (χ4n) is 2.66. The third-order valence-electron chi connectivity index (χ3n) is 3.80. The van der Waals surface area contributed by atoms with Crippen LogP contribution in [0.1, 0.15) is 16.1 Å². The van der Waals surface area contributed by atoms with E-state index in [0.29, 0.717) is 17.6 Å². The number of carbonyl (C=O) groups excluding carboxylic acids is 1. The molecule has 1 amide bonds. The van der Waals surface area contributed by atoms with Gasteiger partial charge in [0.2, 0.25) is 0 Å². The van der Waals surface area contributed by atoms with Crippen molar-refractivity contribution in [3.8, 4) is 0 Å². The summed E-state index contributed by atoms with van der Waals surface area (Å²) in [6.45, 7) is 0.321. The van der Waals surface area contributed by atoms with E-state index in [1.807, 2.05) is 0 Å². The van der Waals surface area contributed by atoms with Gasteiger partial charge in [0.15, 0.2) is 5.69 Å². The zero-order valence-electron chi connectivity index (χ0n) is 12.5. The van der Waals surface area contributed by atoms with Gasteiger partial charge in [-0.2, -0.15) is 10.2 Å². The quantitative estimate of drug-likeness (QED) is 0.607. The maximum atomic E-state index is 13.4. The predicted molar refractivity (Wildman–Crippen MR) is 86.8 cm³/mol. The summed E-state index contributed by atoms with van der Waals surface area (Å²) in [7, 11) is 0. The molecule has 0 aliphatic carbocycles. The van der Waals surface area contributed by atoms with Crippen molar-refractivity contribution in [2.45, 2.75) is 6.54 Å². The Morgan fingerprint density at radius 2 is 2.04 bits per heavy atom. The second-order valence-corrected chi connectivity index (χ2v) is 5.33. The summed E-state index contributed by atoms with van der Waals surface area (Å²) in [6.07, 6.45) is 4.72. The standard InChI is InChI=1S/C17H12FN5O/c18-11-1-2-12-13-4-5-19-16(15(13)23-14(12)7-11)17(24)20-8-10-3-6-21-22-9-10/h1-7,9,23H,8H2,(H,20,24). The summed E-state index contributed by atoms with van der Waals surface area (Å²) in [5.74, 6) is -0.650. The van der Waals surface area contributed by atoms with Crippen LogP contribution in [0.2, 0.25) is 0 Å². The number of rotatable bonds is 3. The first-order valence-electron chi connectivity index (χ1n) is 7.32. The average Bonchev–Trinajstić information content (AvgIpc) is 2.98. The molecule has 0 spiro atoms. The number of aromatic nitrogens is 4. The van der Waals surface area contributed by atoms with Crippen molar-refractivity contribution in [3.05, 3.63) is 66.0 Å². The summed E-state index contributed by atoms with van der Waals surface area (Å²) in [4.78, 5) is 19.7. The lowest BCUT2D eigenvalue weighted by molar-refractivity contribution is 0.0947. The molecule has 7 heteroatoms. The first kappa shape index (κ1) is 14.3. The van der Waals surface area contributed by atoms with E-state index in [0.717, 1.165) is 16.3 Å². The minimum Gasteiger partial charge on any atom is -0.352 e. The summed E-state index contributed by atoms with van der Waals surface area (Å²) < 4.78 is 13.4. The number of nitrogens with zero attached hydrogens (tertiary/aromatic N) is 3. The minimum absolute atomic E-state index is 0.270. The van der Waals surface area contributed by atoms with Crippen molar-refractivity contribution in [2.75, 3.05) is 0 Å². The van der Waals surface area contributed by atoms with Crippen molar-refractivity contribution in [2.24, 2.45) is 0 Å². The van der Waals surface area contributed by atoms with E-state index in [1.165, 1.54) is 12.1 Å². The van der Waals surface area contributed by atoms with Gasteiger partial charge < -0.3 is 10.3 Å². The van der Waals surface area contributed by atoms with Crippen LogP contribution < -0.4 is 5.32 Å². The Kier molecular flexibility index (Phi) is 3.38. The molecule has 0 fully saturated rings. The Bertz CT molecular complexity index is 1040. The van der Waals surface area contributed by atoms with E-state index < -0.39 is 0 Å². The van der Waals surface area contributed by atoms with Crippen LogP contribution >= 0.6 is 0 Å². The van der Waals surface area contributed by atoms with Gasteiger partial charge in [0.05, 0.1) is 11.7 Å². The Hall–Kier alpha value is -3.35. The van der Waals surface area contributed by atoms with Gasteiger partial charge in [-0.3, -0.25) is 4.79 Å². The van der Waals surface area contributed by atoms with Crippen LogP contribution in [0.15, 0.2) is 48.9 Å². The van der Waals surface area contributed by atoms with Gasteiger partial charge in [0.25, 0.3) is 5.91 Å². The van der Waals surface area contributed by atoms with Crippen molar-refractivity contribution in [1.29, 1.82) is 0 Å². The Morgan fingerprint density at radius 3 is 2.88 bits per heavy atom. The van der Waals surface area contributed by atoms with Crippen molar-refractivity contribution in [1.82, 2.24) is 25.5 Å². The number of halogens is 1. The van der Waals surface area contributed by atoms with Gasteiger partial charge in [0.1, 0.15) is 5.82 Å². The number of pyridine rings is 1. The molecule has 0 aliphatic rings. The monoisotopic (exact) mass is 321 g/mol. The number of benzene rings is 1. The topological polar surface area (TPSA) is 83.6 Å². The Balaban J connectivity index is 1.71. The van der Waals surface area contributed by atoms with Crippen LogP contribution in [0.5, 0.6) is 0 Å². The molecule has 4 aromatic rings. The van der Waals surface area contributed by atoms with Gasteiger partial charge in [-0.25, -0.2) is 9.37 Å². The molecule has 4 rings (SSSR count). The molecule has 0 unspecified atom stereocenters. The van der Waals surface area contributed by atoms with Crippen molar-refractivity contribution < 1.29 is 9.18 Å². The molecule has 0 saturated carbocycles. The molecule has 0 atom stereocenters. The molecular weight excluding hydrogens is 309 g/mol. The fourth-order valence-corrected chi connectivity index (χ4v) is 2.66. The highest BCUT2D eigenvalue weighted by atomic mass is 19.1. The van der Waals surface area contributed by atoms with Crippen molar-refractivity contribution >= 4 is 27.7 Å². The van der Waals surface area contributed by atoms with Crippen LogP contribution in [0, 0.1) is 5.82 Å². The highest BCUT2D eigenvalue weighted by Gasteiger charge is 2.15. The zero-order valence-corrected chi connectivity index (χ0v) is 12.5. The Morgan fingerprint density at radius 1 is 1.12 bits per heavy atom. The number of aromatic amines is 1. The number of fused-ring (bicyclic) bond motifs is 3. The van der Waals surface area contributed by atoms with Crippen LogP contribution in [-0.4, -0.2) is 26.1 Å². The summed E-state index contributed by atoms with van der Waals surface area (Å²) >= 11 is 0. The normalized spacial score (nSPS) is 11.0. The molecule has 1 aromatic carbocycles. The average molecular weight is 321 g/mol. The van der Waals surface area contributed by atoms with Gasteiger partial charge in [0, 0.05) is 35.2 Å². The molecule has 0 bridgehead atoms. The van der Waals surface area contributed by atoms with E-state index in [1.54, 1.807) is 36.8 Å². The van der Waals surface area contributed by atoms with Gasteiger partial charge in [-0.05, 0) is 35.9 Å². The summed E-state index contributed by atoms with van der Waals surface area (Å²) in [5.41, 5.74) is 2.32. The number of amides is 1. The fraction of sp³-hybridized carbons (Fsp3) is 0.0588. The predicted octanol–water partition coefficient (Wildman–Crippen LogP) is 2.58. The number of carbonyl (C=O) groups is 1. The van der Waals surface area contributed by atoms with E-state index in [2.05, 4.69) is 25.5 Å². The van der Waals surface area contributed by atoms with Crippen molar-refractivity contribution in [3.63, 3.8) is 0 Å². The highest BCUT2D eigenvalue weighted by molar-refractivity contribution is 6.13. The maximum absolute atomic E-state index is 13.4. The second kappa shape index (κ2) is 5.69. The van der Waals surface area contributed by atoms with E-state index in [4.69, 9.17) is 0 Å². The lowest BCUT2D eigenvalue weighted by Crippen LogP contribution is -2.24. The first-order chi connectivity index (χ1) is 11.7. The van der Waals surface area contributed by atoms with Crippen LogP contribution in [0.25, 0.3) is 21.8 Å². The van der Waals surface area contributed by atoms with Gasteiger partial charge >= 0.3 is 0 Å². The Labute approximate surface area is 135 Å². The zero-order chi connectivity index (χ0) is 16.5. The number of nitrogens with one attached hydrogen (secondary N) is 2. The lowest BCUT2D eigenvalue weighted by atomic mass is 10.1. The molecule has 24 heavy (non-hydrogen) atoms. The lowest BCUT2D eigenvalue weighted by Gasteiger charge is -2.05. The third-order valence-corrected chi connectivity index (χ3v) is 3.80. The SMILES string of the molecule is O=C(NCc1ccnnc1)c1nccc2c1[nH]c1cc(F)ccc12.